The molecule has 1 heterocycles. The largest absolute Gasteiger partial charge is 0.473 e. The fraction of sp³-hybridized carbons (Fsp3) is 0.500. The van der Waals surface area contributed by atoms with Gasteiger partial charge in [0.2, 0.25) is 0 Å². The average molecular weight is 378 g/mol. The van der Waals surface area contributed by atoms with Crippen LogP contribution in [0.2, 0.25) is 0 Å². The molecule has 1 saturated heterocycles. The van der Waals surface area contributed by atoms with Crippen LogP contribution in [0.3, 0.4) is 0 Å². The number of halogens is 1. The number of nitrogens with zero attached hydrogens (tertiary/aromatic N) is 2. The fourth-order valence-electron chi connectivity index (χ4n) is 3.41. The number of hydrogen-bond acceptors (Lipinski definition) is 4. The second-order valence-electron chi connectivity index (χ2n) is 6.97. The molecular formula is C20H27FN2O4. The van der Waals surface area contributed by atoms with Crippen LogP contribution in [-0.4, -0.2) is 64.7 Å². The van der Waals surface area contributed by atoms with E-state index in [2.05, 4.69) is 22.0 Å². The highest BCUT2D eigenvalue weighted by Gasteiger charge is 2.20. The normalized spacial score (nSPS) is 20.6. The summed E-state index contributed by atoms with van der Waals surface area (Å²) in [7, 11) is 0. The molecular weight excluding hydrogens is 351 g/mol. The Morgan fingerprint density at radius 3 is 2.26 bits per heavy atom. The van der Waals surface area contributed by atoms with E-state index < -0.39 is 11.9 Å². The quantitative estimate of drug-likeness (QED) is 0.619. The summed E-state index contributed by atoms with van der Waals surface area (Å²) in [5.41, 5.74) is 1.08. The Morgan fingerprint density at radius 1 is 1.04 bits per heavy atom. The Morgan fingerprint density at radius 2 is 1.70 bits per heavy atom. The van der Waals surface area contributed by atoms with Crippen molar-refractivity contribution in [1.29, 1.82) is 0 Å². The smallest absolute Gasteiger partial charge is 0.414 e. The topological polar surface area (TPSA) is 81.1 Å². The van der Waals surface area contributed by atoms with E-state index in [1.54, 1.807) is 12.1 Å². The molecule has 27 heavy (non-hydrogen) atoms. The molecule has 1 fully saturated rings. The molecule has 6 nitrogen and oxygen atoms in total. The number of hydrogen-bond donors (Lipinski definition) is 2. The molecule has 0 bridgehead atoms. The van der Waals surface area contributed by atoms with Crippen molar-refractivity contribution in [1.82, 2.24) is 9.80 Å². The lowest BCUT2D eigenvalue weighted by Gasteiger charge is -2.36. The number of benzene rings is 1. The van der Waals surface area contributed by atoms with Crippen molar-refractivity contribution in [3.8, 4) is 0 Å². The van der Waals surface area contributed by atoms with Crippen LogP contribution in [0.25, 0.3) is 0 Å². The number of aliphatic carboxylic acids is 2. The molecule has 0 aromatic heterocycles. The number of piperazine rings is 1. The van der Waals surface area contributed by atoms with Crippen LogP contribution in [0.1, 0.15) is 24.8 Å². The zero-order valence-electron chi connectivity index (χ0n) is 15.4. The molecule has 1 aromatic rings. The fourth-order valence-corrected chi connectivity index (χ4v) is 3.41. The van der Waals surface area contributed by atoms with Gasteiger partial charge in [-0.15, -0.1) is 0 Å². The van der Waals surface area contributed by atoms with Gasteiger partial charge < -0.3 is 15.1 Å². The summed E-state index contributed by atoms with van der Waals surface area (Å²) in [4.78, 5) is 23.2. The van der Waals surface area contributed by atoms with E-state index in [1.807, 2.05) is 6.07 Å². The Hall–Kier alpha value is -2.25. The molecule has 7 heteroatoms. The second kappa shape index (κ2) is 10.8. The van der Waals surface area contributed by atoms with Gasteiger partial charge in [0.05, 0.1) is 0 Å². The number of allylic oxidation sites excluding steroid dienone is 2. The highest BCUT2D eigenvalue weighted by atomic mass is 19.1. The molecule has 148 valence electrons. The Bertz CT molecular complexity index is 645. The number of rotatable bonds is 4. The van der Waals surface area contributed by atoms with Crippen molar-refractivity contribution >= 4 is 11.9 Å². The summed E-state index contributed by atoms with van der Waals surface area (Å²) in [6, 6.07) is 6.99. The Balaban J connectivity index is 0.000000380. The maximum Gasteiger partial charge on any atom is 0.414 e. The van der Waals surface area contributed by atoms with Crippen LogP contribution in [0.5, 0.6) is 0 Å². The van der Waals surface area contributed by atoms with E-state index in [-0.39, 0.29) is 5.82 Å². The van der Waals surface area contributed by atoms with E-state index in [0.717, 1.165) is 44.2 Å². The molecule has 0 amide bonds. The van der Waals surface area contributed by atoms with Gasteiger partial charge in [-0.2, -0.15) is 0 Å². The van der Waals surface area contributed by atoms with Gasteiger partial charge in [-0.25, -0.2) is 14.0 Å². The predicted molar refractivity (Wildman–Crippen MR) is 99.9 cm³/mol. The lowest BCUT2D eigenvalue weighted by molar-refractivity contribution is -0.159. The minimum atomic E-state index is -1.82. The number of carbonyl (C=O) groups is 2. The first kappa shape index (κ1) is 21.1. The van der Waals surface area contributed by atoms with Crippen LogP contribution >= 0.6 is 0 Å². The first-order chi connectivity index (χ1) is 12.9. The molecule has 1 unspecified atom stereocenters. The van der Waals surface area contributed by atoms with Crippen LogP contribution in [-0.2, 0) is 16.1 Å². The molecule has 3 rings (SSSR count). The van der Waals surface area contributed by atoms with Crippen LogP contribution in [0.4, 0.5) is 4.39 Å². The van der Waals surface area contributed by atoms with Gasteiger partial charge >= 0.3 is 11.9 Å². The number of carboxylic acids is 2. The van der Waals surface area contributed by atoms with Gasteiger partial charge in [0, 0.05) is 39.3 Å². The molecule has 1 aliphatic heterocycles. The van der Waals surface area contributed by atoms with Crippen molar-refractivity contribution < 1.29 is 24.2 Å². The zero-order valence-corrected chi connectivity index (χ0v) is 15.4. The highest BCUT2D eigenvalue weighted by Crippen LogP contribution is 2.20. The lowest BCUT2D eigenvalue weighted by Crippen LogP contribution is -2.47. The second-order valence-corrected chi connectivity index (χ2v) is 6.97. The summed E-state index contributed by atoms with van der Waals surface area (Å²) in [5, 5.41) is 14.8. The maximum absolute atomic E-state index is 13.2. The van der Waals surface area contributed by atoms with E-state index in [1.165, 1.54) is 31.9 Å². The molecule has 0 saturated carbocycles. The van der Waals surface area contributed by atoms with Gasteiger partial charge in [-0.3, -0.25) is 4.90 Å². The Labute approximate surface area is 158 Å². The molecule has 1 aliphatic carbocycles. The van der Waals surface area contributed by atoms with Crippen molar-refractivity contribution in [2.45, 2.75) is 25.8 Å². The number of carboxylic acid groups (broad SMARTS) is 2. The van der Waals surface area contributed by atoms with E-state index in [4.69, 9.17) is 19.8 Å². The van der Waals surface area contributed by atoms with Crippen molar-refractivity contribution in [3.05, 3.63) is 47.8 Å². The molecule has 2 N–H and O–H groups in total. The van der Waals surface area contributed by atoms with Crippen molar-refractivity contribution in [2.75, 3.05) is 32.7 Å². The van der Waals surface area contributed by atoms with Gasteiger partial charge in [0.25, 0.3) is 0 Å². The van der Waals surface area contributed by atoms with Crippen molar-refractivity contribution in [3.63, 3.8) is 0 Å². The summed E-state index contributed by atoms with van der Waals surface area (Å²) in [6.07, 6.45) is 8.51. The van der Waals surface area contributed by atoms with Gasteiger partial charge in [-0.1, -0.05) is 24.3 Å². The van der Waals surface area contributed by atoms with Gasteiger partial charge in [-0.05, 0) is 42.9 Å². The van der Waals surface area contributed by atoms with E-state index in [9.17, 15) is 4.39 Å². The summed E-state index contributed by atoms with van der Waals surface area (Å²) < 4.78 is 13.2. The summed E-state index contributed by atoms with van der Waals surface area (Å²) >= 11 is 0. The Kier molecular flexibility index (Phi) is 8.42. The molecule has 2 aliphatic rings. The molecule has 1 aromatic carbocycles. The standard InChI is InChI=1S/C18H25FN2.C2H2O4/c19-18-8-4-7-17(13-18)15-21-11-9-20(10-12-21)14-16-5-2-1-3-6-16;3-1(4)2(5)6/h1-2,4,7-8,13,16H,3,5-6,9-12,14-15H2;(H,3,4)(H,5,6). The minimum absolute atomic E-state index is 0.128. The lowest BCUT2D eigenvalue weighted by atomic mass is 9.94. The third kappa shape index (κ3) is 7.88. The predicted octanol–water partition coefficient (Wildman–Crippen LogP) is 2.46. The van der Waals surface area contributed by atoms with Gasteiger partial charge in [0.15, 0.2) is 0 Å². The minimum Gasteiger partial charge on any atom is -0.473 e. The first-order valence-corrected chi connectivity index (χ1v) is 9.24. The van der Waals surface area contributed by atoms with Gasteiger partial charge in [0.1, 0.15) is 5.82 Å². The highest BCUT2D eigenvalue weighted by molar-refractivity contribution is 6.27. The zero-order chi connectivity index (χ0) is 19.6. The molecule has 0 spiro atoms. The van der Waals surface area contributed by atoms with E-state index in [0.29, 0.717) is 0 Å². The molecule has 1 atom stereocenters. The van der Waals surface area contributed by atoms with Crippen molar-refractivity contribution in [2.24, 2.45) is 5.92 Å². The van der Waals surface area contributed by atoms with Crippen LogP contribution in [0.15, 0.2) is 36.4 Å². The summed E-state index contributed by atoms with van der Waals surface area (Å²) in [5.74, 6) is -2.92. The van der Waals surface area contributed by atoms with E-state index >= 15 is 0 Å². The third-order valence-corrected chi connectivity index (χ3v) is 4.84. The first-order valence-electron chi connectivity index (χ1n) is 9.24. The SMILES string of the molecule is Fc1cccc(CN2CCN(CC3CC=CCC3)CC2)c1.O=C(O)C(=O)O. The average Bonchev–Trinajstić information content (AvgIpc) is 2.65. The van der Waals surface area contributed by atoms with Crippen LogP contribution in [0, 0.1) is 11.7 Å². The third-order valence-electron chi connectivity index (χ3n) is 4.84. The maximum atomic E-state index is 13.2. The monoisotopic (exact) mass is 378 g/mol. The molecule has 0 radical (unpaired) electrons. The van der Waals surface area contributed by atoms with Crippen LogP contribution < -0.4 is 0 Å². The summed E-state index contributed by atoms with van der Waals surface area (Å²) in [6.45, 7) is 6.61.